The number of hydrogen-bond donors (Lipinski definition) is 1. The lowest BCUT2D eigenvalue weighted by Crippen LogP contribution is -2.26. The Morgan fingerprint density at radius 1 is 1.00 bits per heavy atom. The number of piperidine rings is 1. The highest BCUT2D eigenvalue weighted by Crippen LogP contribution is 2.36. The maximum absolute atomic E-state index is 4.95. The van der Waals surface area contributed by atoms with E-state index in [0.29, 0.717) is 0 Å². The molecular formula is C14H22N2S. The topological polar surface area (TPSA) is 24.9 Å². The Morgan fingerprint density at radius 2 is 1.76 bits per heavy atom. The van der Waals surface area contributed by atoms with Crippen LogP contribution in [0.25, 0.3) is 0 Å². The van der Waals surface area contributed by atoms with E-state index in [1.165, 1.54) is 68.7 Å². The molecule has 1 N–H and O–H groups in total. The van der Waals surface area contributed by atoms with Gasteiger partial charge in [-0.1, -0.05) is 19.3 Å². The zero-order valence-corrected chi connectivity index (χ0v) is 11.3. The number of rotatable bonds is 2. The fourth-order valence-corrected chi connectivity index (χ4v) is 4.22. The SMILES string of the molecule is c1sc(C2CCCCC2)nc1C1CCNCC1. The van der Waals surface area contributed by atoms with Crippen molar-refractivity contribution < 1.29 is 0 Å². The van der Waals surface area contributed by atoms with E-state index >= 15 is 0 Å². The number of nitrogens with zero attached hydrogens (tertiary/aromatic N) is 1. The summed E-state index contributed by atoms with van der Waals surface area (Å²) in [7, 11) is 0. The highest BCUT2D eigenvalue weighted by molar-refractivity contribution is 7.09. The van der Waals surface area contributed by atoms with E-state index in [2.05, 4.69) is 10.7 Å². The summed E-state index contributed by atoms with van der Waals surface area (Å²) in [5, 5.41) is 7.19. The maximum atomic E-state index is 4.95. The molecule has 1 aliphatic heterocycles. The molecule has 3 heteroatoms. The Kier molecular flexibility index (Phi) is 3.77. The van der Waals surface area contributed by atoms with Crippen LogP contribution in [0.1, 0.15) is 67.5 Å². The monoisotopic (exact) mass is 250 g/mol. The second-order valence-corrected chi connectivity index (χ2v) is 6.36. The predicted molar refractivity (Wildman–Crippen MR) is 72.8 cm³/mol. The molecule has 0 bridgehead atoms. The van der Waals surface area contributed by atoms with Crippen molar-refractivity contribution in [3.63, 3.8) is 0 Å². The molecular weight excluding hydrogens is 228 g/mol. The zero-order chi connectivity index (χ0) is 11.5. The second kappa shape index (κ2) is 5.49. The lowest BCUT2D eigenvalue weighted by atomic mass is 9.89. The minimum Gasteiger partial charge on any atom is -0.317 e. The average molecular weight is 250 g/mol. The highest BCUT2D eigenvalue weighted by Gasteiger charge is 2.22. The van der Waals surface area contributed by atoms with Gasteiger partial charge in [0, 0.05) is 17.2 Å². The van der Waals surface area contributed by atoms with Gasteiger partial charge in [-0.15, -0.1) is 11.3 Å². The highest BCUT2D eigenvalue weighted by atomic mass is 32.1. The average Bonchev–Trinajstić information content (AvgIpc) is 2.90. The molecule has 2 heterocycles. The molecule has 1 aromatic rings. The Labute approximate surface area is 108 Å². The van der Waals surface area contributed by atoms with Crippen LogP contribution < -0.4 is 5.32 Å². The first-order chi connectivity index (χ1) is 8.43. The van der Waals surface area contributed by atoms with Crippen molar-refractivity contribution in [2.24, 2.45) is 0 Å². The van der Waals surface area contributed by atoms with E-state index in [0.717, 1.165) is 11.8 Å². The van der Waals surface area contributed by atoms with E-state index in [-0.39, 0.29) is 0 Å². The second-order valence-electron chi connectivity index (χ2n) is 5.47. The first-order valence-corrected chi connectivity index (χ1v) is 7.97. The van der Waals surface area contributed by atoms with Crippen LogP contribution in [0.5, 0.6) is 0 Å². The summed E-state index contributed by atoms with van der Waals surface area (Å²) < 4.78 is 0. The smallest absolute Gasteiger partial charge is 0.0959 e. The molecule has 1 saturated carbocycles. The van der Waals surface area contributed by atoms with Crippen molar-refractivity contribution in [3.8, 4) is 0 Å². The lowest BCUT2D eigenvalue weighted by molar-refractivity contribution is 0.435. The van der Waals surface area contributed by atoms with Crippen molar-refractivity contribution in [2.45, 2.75) is 56.8 Å². The van der Waals surface area contributed by atoms with Crippen molar-refractivity contribution in [1.29, 1.82) is 0 Å². The summed E-state index contributed by atoms with van der Waals surface area (Å²) >= 11 is 1.92. The molecule has 1 saturated heterocycles. The molecule has 3 rings (SSSR count). The van der Waals surface area contributed by atoms with Gasteiger partial charge < -0.3 is 5.32 Å². The summed E-state index contributed by atoms with van der Waals surface area (Å²) in [5.74, 6) is 1.51. The molecule has 94 valence electrons. The van der Waals surface area contributed by atoms with Gasteiger partial charge in [-0.2, -0.15) is 0 Å². The van der Waals surface area contributed by atoms with Crippen molar-refractivity contribution in [3.05, 3.63) is 16.1 Å². The summed E-state index contributed by atoms with van der Waals surface area (Å²) in [6.45, 7) is 2.34. The van der Waals surface area contributed by atoms with E-state index in [1.807, 2.05) is 11.3 Å². The Morgan fingerprint density at radius 3 is 2.53 bits per heavy atom. The molecule has 1 aromatic heterocycles. The molecule has 0 radical (unpaired) electrons. The molecule has 17 heavy (non-hydrogen) atoms. The fraction of sp³-hybridized carbons (Fsp3) is 0.786. The van der Waals surface area contributed by atoms with Crippen LogP contribution in [0, 0.1) is 0 Å². The number of hydrogen-bond acceptors (Lipinski definition) is 3. The van der Waals surface area contributed by atoms with Crippen molar-refractivity contribution >= 4 is 11.3 Å². The van der Waals surface area contributed by atoms with Gasteiger partial charge in [-0.05, 0) is 38.8 Å². The van der Waals surface area contributed by atoms with Gasteiger partial charge >= 0.3 is 0 Å². The van der Waals surface area contributed by atoms with Crippen LogP contribution in [-0.2, 0) is 0 Å². The van der Waals surface area contributed by atoms with Crippen LogP contribution in [0.3, 0.4) is 0 Å². The maximum Gasteiger partial charge on any atom is 0.0959 e. The van der Waals surface area contributed by atoms with Crippen LogP contribution in [0.4, 0.5) is 0 Å². The summed E-state index contributed by atoms with van der Waals surface area (Å²) in [6.07, 6.45) is 9.54. The molecule has 0 spiro atoms. The van der Waals surface area contributed by atoms with Crippen molar-refractivity contribution in [1.82, 2.24) is 10.3 Å². The van der Waals surface area contributed by atoms with Gasteiger partial charge in [0.25, 0.3) is 0 Å². The quantitative estimate of drug-likeness (QED) is 0.866. The molecule has 0 unspecified atom stereocenters. The molecule has 0 amide bonds. The van der Waals surface area contributed by atoms with E-state index in [4.69, 9.17) is 4.98 Å². The molecule has 2 fully saturated rings. The summed E-state index contributed by atoms with van der Waals surface area (Å²) in [5.41, 5.74) is 1.39. The summed E-state index contributed by atoms with van der Waals surface area (Å²) in [4.78, 5) is 4.95. The first kappa shape index (κ1) is 11.7. The molecule has 2 aliphatic rings. The normalized spacial score (nSPS) is 24.0. The minimum atomic E-state index is 0.727. The van der Waals surface area contributed by atoms with Crippen LogP contribution in [0.2, 0.25) is 0 Å². The Bertz CT molecular complexity index is 316. The standard InChI is InChI=1S/C14H22N2S/c1-2-4-12(5-3-1)14-16-13(10-17-14)11-6-8-15-9-7-11/h10-12,15H,1-9H2. The molecule has 1 aliphatic carbocycles. The van der Waals surface area contributed by atoms with Crippen LogP contribution in [-0.4, -0.2) is 18.1 Å². The number of thiazole rings is 1. The molecule has 2 nitrogen and oxygen atoms in total. The Hall–Kier alpha value is -0.410. The minimum absolute atomic E-state index is 0.727. The molecule has 0 atom stereocenters. The zero-order valence-electron chi connectivity index (χ0n) is 10.5. The van der Waals surface area contributed by atoms with Gasteiger partial charge in [0.15, 0.2) is 0 Å². The first-order valence-electron chi connectivity index (χ1n) is 7.09. The predicted octanol–water partition coefficient (Wildman–Crippen LogP) is 3.66. The van der Waals surface area contributed by atoms with Gasteiger partial charge in [0.1, 0.15) is 0 Å². The van der Waals surface area contributed by atoms with Gasteiger partial charge in [0.2, 0.25) is 0 Å². The van der Waals surface area contributed by atoms with E-state index in [9.17, 15) is 0 Å². The molecule has 0 aromatic carbocycles. The third-order valence-electron chi connectivity index (χ3n) is 4.25. The van der Waals surface area contributed by atoms with Gasteiger partial charge in [-0.3, -0.25) is 0 Å². The lowest BCUT2D eigenvalue weighted by Gasteiger charge is -2.21. The largest absolute Gasteiger partial charge is 0.317 e. The number of aromatic nitrogens is 1. The van der Waals surface area contributed by atoms with Crippen molar-refractivity contribution in [2.75, 3.05) is 13.1 Å². The number of nitrogens with one attached hydrogen (secondary N) is 1. The fourth-order valence-electron chi connectivity index (χ4n) is 3.14. The van der Waals surface area contributed by atoms with E-state index in [1.54, 1.807) is 0 Å². The van der Waals surface area contributed by atoms with Gasteiger partial charge in [-0.25, -0.2) is 4.98 Å². The summed E-state index contributed by atoms with van der Waals surface area (Å²) in [6, 6.07) is 0. The van der Waals surface area contributed by atoms with Gasteiger partial charge in [0.05, 0.1) is 10.7 Å². The van der Waals surface area contributed by atoms with E-state index < -0.39 is 0 Å². The third kappa shape index (κ3) is 2.71. The Balaban J connectivity index is 1.68. The third-order valence-corrected chi connectivity index (χ3v) is 5.28. The van der Waals surface area contributed by atoms with Crippen LogP contribution in [0.15, 0.2) is 5.38 Å². The van der Waals surface area contributed by atoms with Crippen LogP contribution >= 0.6 is 11.3 Å².